The molecular formula is C21H36N2O3. The van der Waals surface area contributed by atoms with Crippen molar-refractivity contribution < 1.29 is 14.3 Å². The van der Waals surface area contributed by atoms with E-state index in [2.05, 4.69) is 19.2 Å². The number of hydrogen-bond donors (Lipinski definition) is 1. The zero-order chi connectivity index (χ0) is 18.7. The molecule has 5 nitrogen and oxygen atoms in total. The Morgan fingerprint density at radius 3 is 2.19 bits per heavy atom. The van der Waals surface area contributed by atoms with Crippen LogP contribution < -0.4 is 5.32 Å². The Balaban J connectivity index is 1.47. The Bertz CT molecular complexity index is 482. The van der Waals surface area contributed by atoms with Crippen molar-refractivity contribution in [3.8, 4) is 0 Å². The molecule has 0 aromatic heterocycles. The number of nitrogens with zero attached hydrogens (tertiary/aromatic N) is 1. The predicted molar refractivity (Wildman–Crippen MR) is 102 cm³/mol. The van der Waals surface area contributed by atoms with Crippen LogP contribution in [0, 0.1) is 29.1 Å². The topological polar surface area (TPSA) is 58.6 Å². The van der Waals surface area contributed by atoms with Crippen LogP contribution in [0.25, 0.3) is 0 Å². The van der Waals surface area contributed by atoms with Crippen molar-refractivity contribution in [2.24, 2.45) is 29.1 Å². The SMILES string of the molecule is COCCN(CC(C)C)C(=O)CCNC(=O)C12CC3CC(CC(C3)C1)C2. The number of rotatable bonds is 9. The zero-order valence-corrected chi connectivity index (χ0v) is 16.8. The molecule has 0 aromatic carbocycles. The molecule has 148 valence electrons. The van der Waals surface area contributed by atoms with E-state index in [1.807, 2.05) is 4.90 Å². The Morgan fingerprint density at radius 2 is 1.69 bits per heavy atom. The molecule has 4 fully saturated rings. The summed E-state index contributed by atoms with van der Waals surface area (Å²) in [6, 6.07) is 0. The maximum Gasteiger partial charge on any atom is 0.226 e. The van der Waals surface area contributed by atoms with Gasteiger partial charge in [0.15, 0.2) is 0 Å². The third-order valence-electron chi connectivity index (χ3n) is 6.65. The molecule has 1 N–H and O–H groups in total. The van der Waals surface area contributed by atoms with Gasteiger partial charge in [-0.25, -0.2) is 0 Å². The van der Waals surface area contributed by atoms with Crippen molar-refractivity contribution in [1.29, 1.82) is 0 Å². The second-order valence-corrected chi connectivity index (χ2v) is 9.43. The predicted octanol–water partition coefficient (Wildman–Crippen LogP) is 2.84. The third-order valence-corrected chi connectivity index (χ3v) is 6.65. The summed E-state index contributed by atoms with van der Waals surface area (Å²) in [5.41, 5.74) is -0.120. The number of carbonyl (C=O) groups excluding carboxylic acids is 2. The molecule has 4 rings (SSSR count). The summed E-state index contributed by atoms with van der Waals surface area (Å²) >= 11 is 0. The molecule has 4 aliphatic rings. The molecule has 4 aliphatic carbocycles. The lowest BCUT2D eigenvalue weighted by atomic mass is 9.49. The Morgan fingerprint density at radius 1 is 1.12 bits per heavy atom. The molecule has 0 saturated heterocycles. The standard InChI is InChI=1S/C21H36N2O3/c1-15(2)14-23(6-7-26-3)19(24)4-5-22-20(25)21-11-16-8-17(12-21)10-18(9-16)13-21/h15-18H,4-14H2,1-3H3,(H,22,25). The average Bonchev–Trinajstić information content (AvgIpc) is 2.56. The highest BCUT2D eigenvalue weighted by atomic mass is 16.5. The second-order valence-electron chi connectivity index (χ2n) is 9.43. The van der Waals surface area contributed by atoms with Gasteiger partial charge in [-0.15, -0.1) is 0 Å². The van der Waals surface area contributed by atoms with Crippen LogP contribution in [0.15, 0.2) is 0 Å². The van der Waals surface area contributed by atoms with Gasteiger partial charge in [0.05, 0.1) is 6.61 Å². The van der Waals surface area contributed by atoms with Gasteiger partial charge in [0.1, 0.15) is 0 Å². The first kappa shape index (κ1) is 19.7. The van der Waals surface area contributed by atoms with Crippen LogP contribution in [0.1, 0.15) is 58.8 Å². The summed E-state index contributed by atoms with van der Waals surface area (Å²) in [6.07, 6.45) is 7.64. The molecule has 0 unspecified atom stereocenters. The molecule has 0 aliphatic heterocycles. The number of methoxy groups -OCH3 is 1. The first-order chi connectivity index (χ1) is 12.4. The van der Waals surface area contributed by atoms with E-state index in [0.717, 1.165) is 43.6 Å². The molecule has 26 heavy (non-hydrogen) atoms. The van der Waals surface area contributed by atoms with Crippen LogP contribution in [-0.4, -0.2) is 50.1 Å². The molecular weight excluding hydrogens is 328 g/mol. The van der Waals surface area contributed by atoms with Gasteiger partial charge in [0, 0.05) is 38.6 Å². The first-order valence-corrected chi connectivity index (χ1v) is 10.5. The minimum absolute atomic E-state index is 0.113. The van der Waals surface area contributed by atoms with Crippen LogP contribution in [0.4, 0.5) is 0 Å². The summed E-state index contributed by atoms with van der Waals surface area (Å²) in [5.74, 6) is 3.06. The highest BCUT2D eigenvalue weighted by Gasteiger charge is 2.54. The van der Waals surface area contributed by atoms with Crippen LogP contribution in [0.3, 0.4) is 0 Å². The number of amides is 2. The Hall–Kier alpha value is -1.10. The van der Waals surface area contributed by atoms with E-state index >= 15 is 0 Å². The maximum absolute atomic E-state index is 12.9. The summed E-state index contributed by atoms with van der Waals surface area (Å²) in [7, 11) is 1.66. The molecule has 4 saturated carbocycles. The smallest absolute Gasteiger partial charge is 0.226 e. The van der Waals surface area contributed by atoms with E-state index in [1.54, 1.807) is 7.11 Å². The average molecular weight is 365 g/mol. The van der Waals surface area contributed by atoms with E-state index in [4.69, 9.17) is 4.74 Å². The van der Waals surface area contributed by atoms with Crippen molar-refractivity contribution in [2.75, 3.05) is 33.4 Å². The summed E-state index contributed by atoms with van der Waals surface area (Å²) in [6.45, 7) is 6.60. The van der Waals surface area contributed by atoms with Gasteiger partial charge in [-0.2, -0.15) is 0 Å². The normalized spacial score (nSPS) is 32.1. The number of nitrogens with one attached hydrogen (secondary N) is 1. The van der Waals surface area contributed by atoms with Crippen LogP contribution in [-0.2, 0) is 14.3 Å². The minimum Gasteiger partial charge on any atom is -0.383 e. The molecule has 0 spiro atoms. The molecule has 0 atom stereocenters. The molecule has 0 heterocycles. The van der Waals surface area contributed by atoms with E-state index in [0.29, 0.717) is 32.0 Å². The van der Waals surface area contributed by atoms with Gasteiger partial charge in [0.25, 0.3) is 0 Å². The molecule has 2 amide bonds. The number of ether oxygens (including phenoxy) is 1. The van der Waals surface area contributed by atoms with Crippen LogP contribution in [0.5, 0.6) is 0 Å². The summed E-state index contributed by atoms with van der Waals surface area (Å²) in [5, 5.41) is 3.12. The maximum atomic E-state index is 12.9. The quantitative estimate of drug-likeness (QED) is 0.684. The van der Waals surface area contributed by atoms with Crippen molar-refractivity contribution in [3.05, 3.63) is 0 Å². The molecule has 5 heteroatoms. The summed E-state index contributed by atoms with van der Waals surface area (Å²) < 4.78 is 5.12. The largest absolute Gasteiger partial charge is 0.383 e. The van der Waals surface area contributed by atoms with E-state index in [-0.39, 0.29) is 17.2 Å². The van der Waals surface area contributed by atoms with Gasteiger partial charge in [-0.05, 0) is 62.2 Å². The minimum atomic E-state index is -0.120. The number of hydrogen-bond acceptors (Lipinski definition) is 3. The van der Waals surface area contributed by atoms with Crippen LogP contribution in [0.2, 0.25) is 0 Å². The van der Waals surface area contributed by atoms with E-state index < -0.39 is 0 Å². The van der Waals surface area contributed by atoms with Gasteiger partial charge >= 0.3 is 0 Å². The third kappa shape index (κ3) is 4.41. The molecule has 0 aromatic rings. The Kier molecular flexibility index (Phi) is 6.26. The van der Waals surface area contributed by atoms with Crippen molar-refractivity contribution >= 4 is 11.8 Å². The highest BCUT2D eigenvalue weighted by Crippen LogP contribution is 2.60. The first-order valence-electron chi connectivity index (χ1n) is 10.5. The van der Waals surface area contributed by atoms with E-state index in [9.17, 15) is 9.59 Å². The molecule has 4 bridgehead atoms. The van der Waals surface area contributed by atoms with Crippen LogP contribution >= 0.6 is 0 Å². The van der Waals surface area contributed by atoms with Crippen molar-refractivity contribution in [3.63, 3.8) is 0 Å². The fraction of sp³-hybridized carbons (Fsp3) is 0.905. The van der Waals surface area contributed by atoms with Gasteiger partial charge in [-0.1, -0.05) is 13.8 Å². The van der Waals surface area contributed by atoms with E-state index in [1.165, 1.54) is 19.3 Å². The number of carbonyl (C=O) groups is 2. The highest BCUT2D eigenvalue weighted by molar-refractivity contribution is 5.84. The Labute approximate surface area is 158 Å². The zero-order valence-electron chi connectivity index (χ0n) is 16.8. The monoisotopic (exact) mass is 364 g/mol. The van der Waals surface area contributed by atoms with Gasteiger partial charge in [-0.3, -0.25) is 9.59 Å². The fourth-order valence-electron chi connectivity index (χ4n) is 5.98. The van der Waals surface area contributed by atoms with Crippen molar-refractivity contribution in [2.45, 2.75) is 58.8 Å². The second kappa shape index (κ2) is 8.28. The van der Waals surface area contributed by atoms with Gasteiger partial charge < -0.3 is 15.0 Å². The lowest BCUT2D eigenvalue weighted by molar-refractivity contribution is -0.146. The fourth-order valence-corrected chi connectivity index (χ4v) is 5.98. The van der Waals surface area contributed by atoms with Gasteiger partial charge in [0.2, 0.25) is 11.8 Å². The summed E-state index contributed by atoms with van der Waals surface area (Å²) in [4.78, 5) is 27.3. The lowest BCUT2D eigenvalue weighted by Crippen LogP contribution is -2.53. The lowest BCUT2D eigenvalue weighted by Gasteiger charge is -2.55. The van der Waals surface area contributed by atoms with Crippen molar-refractivity contribution in [1.82, 2.24) is 10.2 Å². The molecule has 0 radical (unpaired) electrons.